The van der Waals surface area contributed by atoms with Crippen LogP contribution in [0.25, 0.3) is 0 Å². The molecule has 1 fully saturated rings. The number of carbonyl (C=O) groups is 1. The van der Waals surface area contributed by atoms with Gasteiger partial charge in [0.25, 0.3) is 0 Å². The van der Waals surface area contributed by atoms with Gasteiger partial charge in [-0.05, 0) is 37.2 Å². The molecule has 25 heavy (non-hydrogen) atoms. The van der Waals surface area contributed by atoms with Gasteiger partial charge in [-0.2, -0.15) is 0 Å². The molecule has 0 spiro atoms. The molecule has 4 rings (SSSR count). The van der Waals surface area contributed by atoms with Gasteiger partial charge in [-0.25, -0.2) is 4.79 Å². The van der Waals surface area contributed by atoms with Crippen molar-refractivity contribution in [2.24, 2.45) is 0 Å². The Morgan fingerprint density at radius 3 is 2.84 bits per heavy atom. The number of nitrogens with one attached hydrogen (secondary N) is 1. The summed E-state index contributed by atoms with van der Waals surface area (Å²) < 4.78 is 2.13. The van der Waals surface area contributed by atoms with E-state index in [1.54, 1.807) is 0 Å². The van der Waals surface area contributed by atoms with Crippen molar-refractivity contribution in [1.29, 1.82) is 0 Å². The predicted molar refractivity (Wildman–Crippen MR) is 95.2 cm³/mol. The van der Waals surface area contributed by atoms with E-state index in [0.29, 0.717) is 12.5 Å². The molecule has 0 bridgehead atoms. The molecule has 2 aromatic rings. The molecule has 1 aromatic heterocycles. The first-order chi connectivity index (χ1) is 12.3. The van der Waals surface area contributed by atoms with Gasteiger partial charge in [-0.3, -0.25) is 0 Å². The van der Waals surface area contributed by atoms with E-state index >= 15 is 0 Å². The van der Waals surface area contributed by atoms with Crippen LogP contribution in [-0.4, -0.2) is 38.8 Å². The van der Waals surface area contributed by atoms with Crippen molar-refractivity contribution in [1.82, 2.24) is 25.0 Å². The van der Waals surface area contributed by atoms with Crippen molar-refractivity contribution >= 4 is 6.03 Å². The topological polar surface area (TPSA) is 63.1 Å². The standard InChI is InChI=1S/C19H25N5O/c25-19(20-14-18-22-21-17-9-5-12-24(17)18)23-11-4-8-16(10-13-23)15-6-2-1-3-7-15/h1-3,6-7,16H,4-5,8-14H2,(H,20,25)/t16-/m1/s1. The zero-order valence-corrected chi connectivity index (χ0v) is 14.5. The van der Waals surface area contributed by atoms with Crippen LogP contribution in [0.3, 0.4) is 0 Å². The van der Waals surface area contributed by atoms with Crippen LogP contribution in [0.15, 0.2) is 30.3 Å². The van der Waals surface area contributed by atoms with Gasteiger partial charge in [0.15, 0.2) is 5.82 Å². The zero-order chi connectivity index (χ0) is 17.1. The second-order valence-electron chi connectivity index (χ2n) is 6.97. The molecule has 2 aliphatic heterocycles. The van der Waals surface area contributed by atoms with E-state index in [1.165, 1.54) is 5.56 Å². The number of amides is 2. The van der Waals surface area contributed by atoms with Crippen molar-refractivity contribution in [3.63, 3.8) is 0 Å². The first-order valence-electron chi connectivity index (χ1n) is 9.30. The van der Waals surface area contributed by atoms with E-state index in [-0.39, 0.29) is 6.03 Å². The van der Waals surface area contributed by atoms with E-state index in [2.05, 4.69) is 50.4 Å². The number of urea groups is 1. The molecule has 132 valence electrons. The minimum absolute atomic E-state index is 0.0176. The number of benzene rings is 1. The summed E-state index contributed by atoms with van der Waals surface area (Å²) in [5.74, 6) is 2.47. The molecule has 1 atom stereocenters. The highest BCUT2D eigenvalue weighted by atomic mass is 16.2. The lowest BCUT2D eigenvalue weighted by molar-refractivity contribution is 0.198. The van der Waals surface area contributed by atoms with Gasteiger partial charge < -0.3 is 14.8 Å². The van der Waals surface area contributed by atoms with E-state index < -0.39 is 0 Å². The normalized spacial score (nSPS) is 20.2. The number of aromatic nitrogens is 3. The van der Waals surface area contributed by atoms with Crippen molar-refractivity contribution in [2.45, 2.75) is 51.1 Å². The Kier molecular flexibility index (Phi) is 4.68. The number of nitrogens with zero attached hydrogens (tertiary/aromatic N) is 4. The Labute approximate surface area is 148 Å². The fraction of sp³-hybridized carbons (Fsp3) is 0.526. The summed E-state index contributed by atoms with van der Waals surface area (Å²) in [7, 11) is 0. The molecular formula is C19H25N5O. The molecule has 3 heterocycles. The number of hydrogen-bond acceptors (Lipinski definition) is 3. The lowest BCUT2D eigenvalue weighted by Gasteiger charge is -2.21. The summed E-state index contributed by atoms with van der Waals surface area (Å²) in [6, 6.07) is 10.7. The predicted octanol–water partition coefficient (Wildman–Crippen LogP) is 2.70. The highest BCUT2D eigenvalue weighted by molar-refractivity contribution is 5.74. The van der Waals surface area contributed by atoms with Gasteiger partial charge >= 0.3 is 6.03 Å². The minimum Gasteiger partial charge on any atom is -0.331 e. The highest BCUT2D eigenvalue weighted by Gasteiger charge is 2.22. The highest BCUT2D eigenvalue weighted by Crippen LogP contribution is 2.27. The van der Waals surface area contributed by atoms with Gasteiger partial charge in [0.2, 0.25) is 0 Å². The quantitative estimate of drug-likeness (QED) is 0.935. The van der Waals surface area contributed by atoms with E-state index in [0.717, 1.165) is 63.4 Å². The molecular weight excluding hydrogens is 314 g/mol. The van der Waals surface area contributed by atoms with Gasteiger partial charge in [0.1, 0.15) is 5.82 Å². The summed E-state index contributed by atoms with van der Waals surface area (Å²) in [5, 5.41) is 11.4. The maximum Gasteiger partial charge on any atom is 0.317 e. The SMILES string of the molecule is O=C(NCc1nnc2n1CCC2)N1CCC[C@@H](c2ccccc2)CC1. The fourth-order valence-corrected chi connectivity index (χ4v) is 3.97. The van der Waals surface area contributed by atoms with Gasteiger partial charge in [-0.15, -0.1) is 10.2 Å². The maximum atomic E-state index is 12.5. The molecule has 0 saturated carbocycles. The van der Waals surface area contributed by atoms with Crippen molar-refractivity contribution in [2.75, 3.05) is 13.1 Å². The lowest BCUT2D eigenvalue weighted by atomic mass is 9.92. The van der Waals surface area contributed by atoms with Crippen LogP contribution in [0.5, 0.6) is 0 Å². The summed E-state index contributed by atoms with van der Waals surface area (Å²) >= 11 is 0. The van der Waals surface area contributed by atoms with Crippen LogP contribution in [0.4, 0.5) is 4.79 Å². The molecule has 6 nitrogen and oxygen atoms in total. The molecule has 1 aromatic carbocycles. The van der Waals surface area contributed by atoms with Crippen LogP contribution in [0.1, 0.15) is 48.8 Å². The van der Waals surface area contributed by atoms with Crippen molar-refractivity contribution in [3.05, 3.63) is 47.5 Å². The fourth-order valence-electron chi connectivity index (χ4n) is 3.97. The molecule has 6 heteroatoms. The number of fused-ring (bicyclic) bond motifs is 1. The first-order valence-corrected chi connectivity index (χ1v) is 9.30. The summed E-state index contributed by atoms with van der Waals surface area (Å²) in [6.07, 6.45) is 5.34. The Morgan fingerprint density at radius 1 is 1.08 bits per heavy atom. The first kappa shape index (κ1) is 16.1. The van der Waals surface area contributed by atoms with Crippen molar-refractivity contribution < 1.29 is 4.79 Å². The molecule has 0 radical (unpaired) electrons. The number of aryl methyl sites for hydroxylation is 1. The lowest BCUT2D eigenvalue weighted by Crippen LogP contribution is -2.40. The summed E-state index contributed by atoms with van der Waals surface area (Å²) in [5.41, 5.74) is 1.39. The molecule has 0 aliphatic carbocycles. The molecule has 2 amide bonds. The van der Waals surface area contributed by atoms with Crippen LogP contribution >= 0.6 is 0 Å². The zero-order valence-electron chi connectivity index (χ0n) is 14.5. The van der Waals surface area contributed by atoms with Gasteiger partial charge in [0.05, 0.1) is 6.54 Å². The summed E-state index contributed by atoms with van der Waals surface area (Å²) in [4.78, 5) is 14.5. The van der Waals surface area contributed by atoms with Crippen LogP contribution in [0.2, 0.25) is 0 Å². The van der Waals surface area contributed by atoms with E-state index in [9.17, 15) is 4.79 Å². The third-order valence-electron chi connectivity index (χ3n) is 5.37. The third-order valence-corrected chi connectivity index (χ3v) is 5.37. The third kappa shape index (κ3) is 3.52. The van der Waals surface area contributed by atoms with Crippen LogP contribution in [-0.2, 0) is 19.5 Å². The average molecular weight is 339 g/mol. The smallest absolute Gasteiger partial charge is 0.317 e. The Hall–Kier alpha value is -2.37. The largest absolute Gasteiger partial charge is 0.331 e. The van der Waals surface area contributed by atoms with Crippen LogP contribution in [0, 0.1) is 0 Å². The summed E-state index contributed by atoms with van der Waals surface area (Å²) in [6.45, 7) is 3.07. The monoisotopic (exact) mass is 339 g/mol. The number of likely N-dealkylation sites (tertiary alicyclic amines) is 1. The van der Waals surface area contributed by atoms with Crippen molar-refractivity contribution in [3.8, 4) is 0 Å². The van der Waals surface area contributed by atoms with Gasteiger partial charge in [-0.1, -0.05) is 30.3 Å². The molecule has 0 unspecified atom stereocenters. The Bertz CT molecular complexity index is 727. The molecule has 1 N–H and O–H groups in total. The Morgan fingerprint density at radius 2 is 1.96 bits per heavy atom. The number of hydrogen-bond donors (Lipinski definition) is 1. The average Bonchev–Trinajstić information content (AvgIpc) is 3.17. The van der Waals surface area contributed by atoms with E-state index in [4.69, 9.17) is 0 Å². The molecule has 2 aliphatic rings. The number of carbonyl (C=O) groups excluding carboxylic acids is 1. The maximum absolute atomic E-state index is 12.5. The minimum atomic E-state index is 0.0176. The number of rotatable bonds is 3. The molecule has 1 saturated heterocycles. The second kappa shape index (κ2) is 7.25. The van der Waals surface area contributed by atoms with E-state index in [1.807, 2.05) is 4.90 Å². The van der Waals surface area contributed by atoms with Crippen LogP contribution < -0.4 is 5.32 Å². The second-order valence-corrected chi connectivity index (χ2v) is 6.97. The Balaban J connectivity index is 1.32. The van der Waals surface area contributed by atoms with Gasteiger partial charge in [0, 0.05) is 26.1 Å².